The Kier molecular flexibility index (Phi) is 5.01. The second kappa shape index (κ2) is 6.75. The third-order valence-corrected chi connectivity index (χ3v) is 3.70. The minimum absolute atomic E-state index is 0.00644. The largest absolute Gasteiger partial charge is 0.344 e. The Labute approximate surface area is 124 Å². The van der Waals surface area contributed by atoms with Gasteiger partial charge in [0.05, 0.1) is 6.42 Å². The van der Waals surface area contributed by atoms with Crippen LogP contribution < -0.4 is 5.32 Å². The molecular weight excluding hydrogens is 276 g/mol. The lowest BCUT2D eigenvalue weighted by molar-refractivity contribution is -0.134. The summed E-state index contributed by atoms with van der Waals surface area (Å²) in [5.41, 5.74) is 0.882. The standard InChI is InChI=1S/C15H19ClN2O2/c1-11(15(20)18-8-2-3-9-18)17-14(19)10-12-4-6-13(16)7-5-12/h4-7,11H,2-3,8-10H2,1H3,(H,17,19)/t11-/m1/s1. The van der Waals surface area contributed by atoms with Crippen molar-refractivity contribution in [2.75, 3.05) is 13.1 Å². The number of carbonyl (C=O) groups excluding carboxylic acids is 2. The highest BCUT2D eigenvalue weighted by Gasteiger charge is 2.24. The molecule has 1 atom stereocenters. The quantitative estimate of drug-likeness (QED) is 0.923. The first kappa shape index (κ1) is 14.9. The molecule has 0 aliphatic carbocycles. The third kappa shape index (κ3) is 3.97. The monoisotopic (exact) mass is 294 g/mol. The molecule has 2 rings (SSSR count). The van der Waals surface area contributed by atoms with Crippen LogP contribution in [0.15, 0.2) is 24.3 Å². The van der Waals surface area contributed by atoms with Crippen molar-refractivity contribution in [3.63, 3.8) is 0 Å². The summed E-state index contributed by atoms with van der Waals surface area (Å²) >= 11 is 5.80. The number of nitrogens with one attached hydrogen (secondary N) is 1. The van der Waals surface area contributed by atoms with Gasteiger partial charge in [0.1, 0.15) is 6.04 Å². The van der Waals surface area contributed by atoms with Crippen molar-refractivity contribution in [1.29, 1.82) is 0 Å². The Morgan fingerprint density at radius 3 is 2.45 bits per heavy atom. The molecule has 1 aromatic carbocycles. The highest BCUT2D eigenvalue weighted by atomic mass is 35.5. The van der Waals surface area contributed by atoms with E-state index < -0.39 is 6.04 Å². The molecule has 0 saturated carbocycles. The zero-order valence-electron chi connectivity index (χ0n) is 11.6. The van der Waals surface area contributed by atoms with E-state index >= 15 is 0 Å². The van der Waals surface area contributed by atoms with Crippen molar-refractivity contribution in [3.05, 3.63) is 34.9 Å². The van der Waals surface area contributed by atoms with E-state index in [4.69, 9.17) is 11.6 Å². The van der Waals surface area contributed by atoms with Gasteiger partial charge in [-0.15, -0.1) is 0 Å². The van der Waals surface area contributed by atoms with E-state index in [-0.39, 0.29) is 18.2 Å². The van der Waals surface area contributed by atoms with Crippen LogP contribution >= 0.6 is 11.6 Å². The Balaban J connectivity index is 1.84. The summed E-state index contributed by atoms with van der Waals surface area (Å²) in [5.74, 6) is -0.140. The van der Waals surface area contributed by atoms with Crippen LogP contribution in [0.2, 0.25) is 5.02 Å². The van der Waals surface area contributed by atoms with E-state index in [1.54, 1.807) is 19.1 Å². The van der Waals surface area contributed by atoms with E-state index in [0.29, 0.717) is 5.02 Å². The maximum atomic E-state index is 12.1. The minimum atomic E-state index is -0.465. The van der Waals surface area contributed by atoms with Crippen LogP contribution in [0, 0.1) is 0 Å². The lowest BCUT2D eigenvalue weighted by atomic mass is 10.1. The Hall–Kier alpha value is -1.55. The number of hydrogen-bond acceptors (Lipinski definition) is 2. The topological polar surface area (TPSA) is 49.4 Å². The predicted octanol–water partition coefficient (Wildman–Crippen LogP) is 2.01. The van der Waals surface area contributed by atoms with Gasteiger partial charge in [0.2, 0.25) is 11.8 Å². The number of amides is 2. The maximum Gasteiger partial charge on any atom is 0.244 e. The van der Waals surface area contributed by atoms with Gasteiger partial charge in [0.25, 0.3) is 0 Å². The van der Waals surface area contributed by atoms with Crippen LogP contribution in [0.25, 0.3) is 0 Å². The fourth-order valence-electron chi connectivity index (χ4n) is 2.35. The number of likely N-dealkylation sites (tertiary alicyclic amines) is 1. The summed E-state index contributed by atoms with van der Waals surface area (Å²) in [4.78, 5) is 25.8. The lowest BCUT2D eigenvalue weighted by Gasteiger charge is -2.21. The molecule has 1 aliphatic rings. The van der Waals surface area contributed by atoms with Crippen LogP contribution in [0.5, 0.6) is 0 Å². The summed E-state index contributed by atoms with van der Waals surface area (Å²) in [7, 11) is 0. The van der Waals surface area contributed by atoms with E-state index in [0.717, 1.165) is 31.5 Å². The molecule has 5 heteroatoms. The molecular formula is C15H19ClN2O2. The highest BCUT2D eigenvalue weighted by molar-refractivity contribution is 6.30. The molecule has 1 N–H and O–H groups in total. The van der Waals surface area contributed by atoms with Gasteiger partial charge < -0.3 is 10.2 Å². The number of rotatable bonds is 4. The summed E-state index contributed by atoms with van der Waals surface area (Å²) in [6, 6.07) is 6.67. The van der Waals surface area contributed by atoms with Crippen LogP contribution in [-0.4, -0.2) is 35.8 Å². The molecule has 0 bridgehead atoms. The summed E-state index contributed by atoms with van der Waals surface area (Å²) < 4.78 is 0. The first-order chi connectivity index (χ1) is 9.56. The minimum Gasteiger partial charge on any atom is -0.344 e. The van der Waals surface area contributed by atoms with Crippen LogP contribution in [0.1, 0.15) is 25.3 Å². The van der Waals surface area contributed by atoms with Gasteiger partial charge >= 0.3 is 0 Å². The molecule has 108 valence electrons. The molecule has 2 amide bonds. The molecule has 20 heavy (non-hydrogen) atoms. The maximum absolute atomic E-state index is 12.1. The normalized spacial score (nSPS) is 16.0. The van der Waals surface area contributed by atoms with Gasteiger partial charge in [0, 0.05) is 18.1 Å². The highest BCUT2D eigenvalue weighted by Crippen LogP contribution is 2.11. The SMILES string of the molecule is C[C@@H](NC(=O)Cc1ccc(Cl)cc1)C(=O)N1CCCC1. The van der Waals surface area contributed by atoms with E-state index in [9.17, 15) is 9.59 Å². The van der Waals surface area contributed by atoms with E-state index in [2.05, 4.69) is 5.32 Å². The van der Waals surface area contributed by atoms with E-state index in [1.165, 1.54) is 0 Å². The summed E-state index contributed by atoms with van der Waals surface area (Å²) in [5, 5.41) is 3.40. The average Bonchev–Trinajstić information content (AvgIpc) is 2.94. The van der Waals surface area contributed by atoms with Crippen LogP contribution in [0.4, 0.5) is 0 Å². The first-order valence-electron chi connectivity index (χ1n) is 6.89. The first-order valence-corrected chi connectivity index (χ1v) is 7.26. The van der Waals surface area contributed by atoms with Gasteiger partial charge in [-0.3, -0.25) is 9.59 Å². The molecule has 1 aromatic rings. The molecule has 0 unspecified atom stereocenters. The Morgan fingerprint density at radius 2 is 1.85 bits per heavy atom. The van der Waals surface area contributed by atoms with Gasteiger partial charge in [-0.2, -0.15) is 0 Å². The molecule has 1 heterocycles. The molecule has 1 saturated heterocycles. The lowest BCUT2D eigenvalue weighted by Crippen LogP contribution is -2.46. The molecule has 0 spiro atoms. The number of benzene rings is 1. The predicted molar refractivity (Wildman–Crippen MR) is 78.6 cm³/mol. The molecule has 1 aliphatic heterocycles. The molecule has 1 fully saturated rings. The van der Waals surface area contributed by atoms with Crippen molar-refractivity contribution in [2.24, 2.45) is 0 Å². The van der Waals surface area contributed by atoms with Crippen molar-refractivity contribution in [2.45, 2.75) is 32.2 Å². The second-order valence-corrected chi connectivity index (χ2v) is 5.56. The van der Waals surface area contributed by atoms with Crippen LogP contribution in [-0.2, 0) is 16.0 Å². The Morgan fingerprint density at radius 1 is 1.25 bits per heavy atom. The van der Waals surface area contributed by atoms with Crippen LogP contribution in [0.3, 0.4) is 0 Å². The summed E-state index contributed by atoms with van der Waals surface area (Å²) in [6.07, 6.45) is 2.36. The number of halogens is 1. The zero-order chi connectivity index (χ0) is 14.5. The average molecular weight is 295 g/mol. The zero-order valence-corrected chi connectivity index (χ0v) is 12.3. The van der Waals surface area contributed by atoms with Gasteiger partial charge in [-0.05, 0) is 37.5 Å². The Bertz CT molecular complexity index is 481. The van der Waals surface area contributed by atoms with Crippen molar-refractivity contribution in [1.82, 2.24) is 10.2 Å². The number of hydrogen-bond donors (Lipinski definition) is 1. The fraction of sp³-hybridized carbons (Fsp3) is 0.467. The molecule has 0 radical (unpaired) electrons. The number of nitrogens with zero attached hydrogens (tertiary/aromatic N) is 1. The fourth-order valence-corrected chi connectivity index (χ4v) is 2.48. The van der Waals surface area contributed by atoms with Crippen molar-refractivity contribution >= 4 is 23.4 Å². The smallest absolute Gasteiger partial charge is 0.244 e. The van der Waals surface area contributed by atoms with Crippen molar-refractivity contribution < 1.29 is 9.59 Å². The van der Waals surface area contributed by atoms with Gasteiger partial charge in [-0.1, -0.05) is 23.7 Å². The number of carbonyl (C=O) groups is 2. The molecule has 4 nitrogen and oxygen atoms in total. The third-order valence-electron chi connectivity index (χ3n) is 3.44. The van der Waals surface area contributed by atoms with Gasteiger partial charge in [-0.25, -0.2) is 0 Å². The summed E-state index contributed by atoms with van der Waals surface area (Å²) in [6.45, 7) is 3.34. The van der Waals surface area contributed by atoms with E-state index in [1.807, 2.05) is 17.0 Å². The molecule has 0 aromatic heterocycles. The van der Waals surface area contributed by atoms with Crippen molar-refractivity contribution in [3.8, 4) is 0 Å². The van der Waals surface area contributed by atoms with Gasteiger partial charge in [0.15, 0.2) is 0 Å². The second-order valence-electron chi connectivity index (χ2n) is 5.12.